The molecule has 4 rings (SSSR count). The molecule has 7 nitrogen and oxygen atoms in total. The Morgan fingerprint density at radius 1 is 1.19 bits per heavy atom. The number of aromatic hydroxyl groups is 1. The van der Waals surface area contributed by atoms with Crippen molar-refractivity contribution >= 4 is 11.7 Å². The largest absolute Gasteiger partial charge is 0.508 e. The van der Waals surface area contributed by atoms with Crippen LogP contribution in [-0.4, -0.2) is 34.8 Å². The molecule has 1 amide bonds. The Hall–Kier alpha value is -3.48. The summed E-state index contributed by atoms with van der Waals surface area (Å²) in [5, 5.41) is 12.7. The highest BCUT2D eigenvalue weighted by Gasteiger charge is 2.31. The van der Waals surface area contributed by atoms with Crippen molar-refractivity contribution in [2.45, 2.75) is 12.3 Å². The zero-order valence-electron chi connectivity index (χ0n) is 15.0. The average Bonchev–Trinajstić information content (AvgIpc) is 3.10. The van der Waals surface area contributed by atoms with Crippen LogP contribution in [0.4, 0.5) is 5.82 Å². The number of rotatable bonds is 4. The molecule has 0 radical (unpaired) electrons. The summed E-state index contributed by atoms with van der Waals surface area (Å²) in [5.74, 6) is 1.70. The third kappa shape index (κ3) is 2.97. The lowest BCUT2D eigenvalue weighted by molar-refractivity contribution is -0.116. The van der Waals surface area contributed by atoms with E-state index in [4.69, 9.17) is 9.47 Å². The first-order valence-electron chi connectivity index (χ1n) is 8.49. The molecule has 1 aromatic heterocycles. The SMILES string of the molecule is COc1ccc(-n2cnc3c2NC(=O)CC3c2cccc(O)c2)c(OC)c1. The molecule has 7 heteroatoms. The van der Waals surface area contributed by atoms with Gasteiger partial charge in [-0.15, -0.1) is 0 Å². The summed E-state index contributed by atoms with van der Waals surface area (Å²) < 4.78 is 12.5. The van der Waals surface area contributed by atoms with E-state index in [1.54, 1.807) is 49.4 Å². The summed E-state index contributed by atoms with van der Waals surface area (Å²) in [5.41, 5.74) is 2.33. The number of methoxy groups -OCH3 is 2. The molecule has 1 aliphatic rings. The number of imidazole rings is 1. The van der Waals surface area contributed by atoms with Crippen LogP contribution in [0.25, 0.3) is 5.69 Å². The van der Waals surface area contributed by atoms with Gasteiger partial charge in [0.1, 0.15) is 29.4 Å². The lowest BCUT2D eigenvalue weighted by atomic mass is 9.90. The Balaban J connectivity index is 1.83. The molecule has 138 valence electrons. The molecule has 0 fully saturated rings. The summed E-state index contributed by atoms with van der Waals surface area (Å²) >= 11 is 0. The number of phenols is 1. The normalized spacial score (nSPS) is 15.8. The predicted molar refractivity (Wildman–Crippen MR) is 99.9 cm³/mol. The Labute approximate surface area is 156 Å². The van der Waals surface area contributed by atoms with E-state index < -0.39 is 0 Å². The molecule has 2 N–H and O–H groups in total. The maximum atomic E-state index is 12.4. The lowest BCUT2D eigenvalue weighted by Crippen LogP contribution is -2.25. The van der Waals surface area contributed by atoms with E-state index in [2.05, 4.69) is 10.3 Å². The van der Waals surface area contributed by atoms with Gasteiger partial charge in [-0.05, 0) is 29.8 Å². The first-order chi connectivity index (χ1) is 13.1. The van der Waals surface area contributed by atoms with Gasteiger partial charge in [0, 0.05) is 18.4 Å². The van der Waals surface area contributed by atoms with Crippen LogP contribution in [0.2, 0.25) is 0 Å². The minimum Gasteiger partial charge on any atom is -0.508 e. The Kier molecular flexibility index (Phi) is 4.19. The molecule has 2 aromatic carbocycles. The van der Waals surface area contributed by atoms with Crippen LogP contribution in [0, 0.1) is 0 Å². The number of fused-ring (bicyclic) bond motifs is 1. The van der Waals surface area contributed by atoms with Gasteiger partial charge in [-0.1, -0.05) is 12.1 Å². The van der Waals surface area contributed by atoms with Gasteiger partial charge < -0.3 is 19.9 Å². The van der Waals surface area contributed by atoms with E-state index in [-0.39, 0.29) is 24.0 Å². The summed E-state index contributed by atoms with van der Waals surface area (Å²) in [4.78, 5) is 16.9. The van der Waals surface area contributed by atoms with Crippen molar-refractivity contribution in [3.8, 4) is 22.9 Å². The Morgan fingerprint density at radius 2 is 2.04 bits per heavy atom. The minimum atomic E-state index is -0.230. The van der Waals surface area contributed by atoms with Crippen molar-refractivity contribution in [3.05, 3.63) is 60.0 Å². The highest BCUT2D eigenvalue weighted by Crippen LogP contribution is 2.39. The molecule has 0 spiro atoms. The van der Waals surface area contributed by atoms with Gasteiger partial charge in [0.2, 0.25) is 5.91 Å². The number of amides is 1. The van der Waals surface area contributed by atoms with Crippen molar-refractivity contribution < 1.29 is 19.4 Å². The number of hydrogen-bond acceptors (Lipinski definition) is 5. The van der Waals surface area contributed by atoms with Crippen LogP contribution >= 0.6 is 0 Å². The molecule has 0 bridgehead atoms. The standard InChI is InChI=1S/C20H19N3O4/c1-26-14-6-7-16(17(9-14)27-2)23-11-21-19-15(10-18(25)22-20(19)23)12-4-3-5-13(24)8-12/h3-9,11,15,24H,10H2,1-2H3,(H,22,25). The van der Waals surface area contributed by atoms with Gasteiger partial charge in [-0.2, -0.15) is 0 Å². The maximum absolute atomic E-state index is 12.4. The van der Waals surface area contributed by atoms with Gasteiger partial charge >= 0.3 is 0 Å². The number of hydrogen-bond donors (Lipinski definition) is 2. The number of nitrogens with one attached hydrogen (secondary N) is 1. The van der Waals surface area contributed by atoms with Crippen molar-refractivity contribution in [2.24, 2.45) is 0 Å². The summed E-state index contributed by atoms with van der Waals surface area (Å²) in [7, 11) is 3.17. The molecule has 2 heterocycles. The quantitative estimate of drug-likeness (QED) is 0.742. The molecular formula is C20H19N3O4. The zero-order valence-corrected chi connectivity index (χ0v) is 15.0. The van der Waals surface area contributed by atoms with Crippen molar-refractivity contribution in [3.63, 3.8) is 0 Å². The van der Waals surface area contributed by atoms with E-state index in [1.807, 2.05) is 18.2 Å². The fraction of sp³-hybridized carbons (Fsp3) is 0.200. The van der Waals surface area contributed by atoms with Gasteiger partial charge in [0.15, 0.2) is 0 Å². The predicted octanol–water partition coefficient (Wildman–Crippen LogP) is 3.07. The van der Waals surface area contributed by atoms with E-state index in [1.165, 1.54) is 0 Å². The molecule has 3 aromatic rings. The monoisotopic (exact) mass is 365 g/mol. The van der Waals surface area contributed by atoms with E-state index >= 15 is 0 Å². The van der Waals surface area contributed by atoms with E-state index in [0.29, 0.717) is 17.3 Å². The van der Waals surface area contributed by atoms with E-state index in [9.17, 15) is 9.90 Å². The van der Waals surface area contributed by atoms with Crippen LogP contribution < -0.4 is 14.8 Å². The third-order valence-corrected chi connectivity index (χ3v) is 4.69. The van der Waals surface area contributed by atoms with Crippen molar-refractivity contribution in [2.75, 3.05) is 19.5 Å². The van der Waals surface area contributed by atoms with E-state index in [0.717, 1.165) is 16.9 Å². The fourth-order valence-corrected chi connectivity index (χ4v) is 3.39. The highest BCUT2D eigenvalue weighted by atomic mass is 16.5. The molecule has 0 saturated carbocycles. The van der Waals surface area contributed by atoms with Gasteiger partial charge in [-0.25, -0.2) is 4.98 Å². The summed E-state index contributed by atoms with van der Waals surface area (Å²) in [6, 6.07) is 12.4. The number of phenolic OH excluding ortho intramolecular Hbond substituents is 1. The number of nitrogens with zero attached hydrogens (tertiary/aromatic N) is 2. The van der Waals surface area contributed by atoms with Crippen molar-refractivity contribution in [1.29, 1.82) is 0 Å². The molecular weight excluding hydrogens is 346 g/mol. The fourth-order valence-electron chi connectivity index (χ4n) is 3.39. The second-order valence-electron chi connectivity index (χ2n) is 6.29. The average molecular weight is 365 g/mol. The molecule has 1 aliphatic heterocycles. The smallest absolute Gasteiger partial charge is 0.226 e. The first-order valence-corrected chi connectivity index (χ1v) is 8.49. The minimum absolute atomic E-state index is 0.106. The van der Waals surface area contributed by atoms with Crippen LogP contribution in [0.1, 0.15) is 23.6 Å². The number of ether oxygens (including phenoxy) is 2. The van der Waals surface area contributed by atoms with Gasteiger partial charge in [0.05, 0.1) is 25.6 Å². The number of carbonyl (C=O) groups is 1. The summed E-state index contributed by atoms with van der Waals surface area (Å²) in [6.07, 6.45) is 1.93. The third-order valence-electron chi connectivity index (χ3n) is 4.69. The Bertz CT molecular complexity index is 1010. The maximum Gasteiger partial charge on any atom is 0.226 e. The summed E-state index contributed by atoms with van der Waals surface area (Å²) in [6.45, 7) is 0. The van der Waals surface area contributed by atoms with Crippen molar-refractivity contribution in [1.82, 2.24) is 9.55 Å². The van der Waals surface area contributed by atoms with Crippen LogP contribution in [-0.2, 0) is 4.79 Å². The highest BCUT2D eigenvalue weighted by molar-refractivity contribution is 5.94. The lowest BCUT2D eigenvalue weighted by Gasteiger charge is -2.24. The van der Waals surface area contributed by atoms with Crippen LogP contribution in [0.15, 0.2) is 48.8 Å². The number of carbonyl (C=O) groups excluding carboxylic acids is 1. The molecule has 1 unspecified atom stereocenters. The second kappa shape index (κ2) is 6.68. The van der Waals surface area contributed by atoms with Gasteiger partial charge in [0.25, 0.3) is 0 Å². The molecule has 0 aliphatic carbocycles. The number of aromatic nitrogens is 2. The zero-order chi connectivity index (χ0) is 19.0. The number of anilines is 1. The van der Waals surface area contributed by atoms with Gasteiger partial charge in [-0.3, -0.25) is 9.36 Å². The number of benzene rings is 2. The second-order valence-corrected chi connectivity index (χ2v) is 6.29. The first kappa shape index (κ1) is 17.0. The topological polar surface area (TPSA) is 85.6 Å². The molecule has 27 heavy (non-hydrogen) atoms. The Morgan fingerprint density at radius 3 is 2.78 bits per heavy atom. The van der Waals surface area contributed by atoms with Crippen LogP contribution in [0.5, 0.6) is 17.2 Å². The van der Waals surface area contributed by atoms with Crippen LogP contribution in [0.3, 0.4) is 0 Å². The molecule has 1 atom stereocenters. The molecule has 0 saturated heterocycles.